The van der Waals surface area contributed by atoms with E-state index in [2.05, 4.69) is 5.92 Å². The average molecular weight is 578 g/mol. The van der Waals surface area contributed by atoms with E-state index in [0.29, 0.717) is 32.4 Å². The summed E-state index contributed by atoms with van der Waals surface area (Å²) in [6.45, 7) is -0.410. The van der Waals surface area contributed by atoms with Gasteiger partial charge in [-0.3, -0.25) is 29.4 Å². The highest BCUT2D eigenvalue weighted by atomic mass is 127. The fraction of sp³-hybridized carbons (Fsp3) is 0.136. The molecule has 0 atom stereocenters. The summed E-state index contributed by atoms with van der Waals surface area (Å²) in [5.74, 6) is 2.13. The molecule has 0 spiro atoms. The zero-order chi connectivity index (χ0) is 24.1. The number of ketones is 1. The number of terminal acetylenes is 1. The quantitative estimate of drug-likeness (QED) is 0.115. The Labute approximate surface area is 206 Å². The van der Waals surface area contributed by atoms with Gasteiger partial charge in [0.2, 0.25) is 0 Å². The summed E-state index contributed by atoms with van der Waals surface area (Å²) >= 11 is 2.76. The van der Waals surface area contributed by atoms with E-state index in [1.165, 1.54) is 37.5 Å². The molecule has 33 heavy (non-hydrogen) atoms. The molecule has 1 heterocycles. The van der Waals surface area contributed by atoms with Crippen LogP contribution >= 0.6 is 34.4 Å². The molecule has 0 aromatic heterocycles. The number of halogens is 1. The van der Waals surface area contributed by atoms with Crippen LogP contribution < -0.4 is 9.47 Å². The number of benzene rings is 2. The van der Waals surface area contributed by atoms with Crippen molar-refractivity contribution < 1.29 is 28.8 Å². The molecule has 3 rings (SSSR count). The van der Waals surface area contributed by atoms with Gasteiger partial charge >= 0.3 is 0 Å². The Morgan fingerprint density at radius 1 is 1.30 bits per heavy atom. The second-order valence-electron chi connectivity index (χ2n) is 6.52. The monoisotopic (exact) mass is 578 g/mol. The maximum absolute atomic E-state index is 12.8. The Balaban J connectivity index is 1.79. The maximum Gasteiger partial charge on any atom is 0.293 e. The lowest BCUT2D eigenvalue weighted by Gasteiger charge is -2.12. The Morgan fingerprint density at radius 3 is 2.61 bits per heavy atom. The van der Waals surface area contributed by atoms with Crippen LogP contribution in [-0.2, 0) is 4.79 Å². The summed E-state index contributed by atoms with van der Waals surface area (Å²) in [6, 6.07) is 8.33. The third kappa shape index (κ3) is 5.52. The van der Waals surface area contributed by atoms with Crippen molar-refractivity contribution in [2.45, 2.75) is 0 Å². The number of imide groups is 1. The number of ether oxygens (including phenoxy) is 2. The van der Waals surface area contributed by atoms with Crippen LogP contribution in [0.1, 0.15) is 15.9 Å². The number of hydrogen-bond acceptors (Lipinski definition) is 8. The van der Waals surface area contributed by atoms with Crippen LogP contribution in [0.15, 0.2) is 41.3 Å². The first kappa shape index (κ1) is 24.3. The van der Waals surface area contributed by atoms with Gasteiger partial charge in [-0.1, -0.05) is 5.92 Å². The van der Waals surface area contributed by atoms with Gasteiger partial charge < -0.3 is 9.47 Å². The minimum absolute atomic E-state index is 0.0629. The molecule has 0 saturated carbocycles. The van der Waals surface area contributed by atoms with E-state index in [-0.39, 0.29) is 22.8 Å². The van der Waals surface area contributed by atoms with E-state index in [4.69, 9.17) is 15.9 Å². The molecule has 0 aliphatic carbocycles. The van der Waals surface area contributed by atoms with Gasteiger partial charge in [0, 0.05) is 17.7 Å². The van der Waals surface area contributed by atoms with Crippen LogP contribution in [0, 0.1) is 26.0 Å². The molecule has 168 valence electrons. The second-order valence-corrected chi connectivity index (χ2v) is 8.68. The lowest BCUT2D eigenvalue weighted by Crippen LogP contribution is -2.33. The molecule has 0 bridgehead atoms. The van der Waals surface area contributed by atoms with Gasteiger partial charge in [-0.2, -0.15) is 0 Å². The number of non-ortho nitro benzene ring substituents is 1. The lowest BCUT2D eigenvalue weighted by molar-refractivity contribution is -0.384. The number of nitro groups is 1. The zero-order valence-electron chi connectivity index (χ0n) is 17.1. The number of rotatable bonds is 8. The topological polar surface area (TPSA) is 116 Å². The first-order valence-electron chi connectivity index (χ1n) is 9.22. The average Bonchev–Trinajstić information content (AvgIpc) is 3.05. The number of amides is 2. The number of methoxy groups -OCH3 is 1. The summed E-state index contributed by atoms with van der Waals surface area (Å²) in [5.41, 5.74) is 0.586. The van der Waals surface area contributed by atoms with Gasteiger partial charge in [-0.05, 0) is 70.3 Å². The van der Waals surface area contributed by atoms with Gasteiger partial charge in [-0.15, -0.1) is 6.42 Å². The second kappa shape index (κ2) is 10.5. The van der Waals surface area contributed by atoms with E-state index in [0.717, 1.165) is 4.90 Å². The van der Waals surface area contributed by atoms with Crippen molar-refractivity contribution in [3.05, 3.63) is 66.1 Å². The van der Waals surface area contributed by atoms with Crippen LogP contribution in [0.3, 0.4) is 0 Å². The number of hydrogen-bond donors (Lipinski definition) is 0. The van der Waals surface area contributed by atoms with E-state index >= 15 is 0 Å². The normalized spacial score (nSPS) is 14.3. The number of thioether (sulfide) groups is 1. The van der Waals surface area contributed by atoms with Crippen LogP contribution in [0.2, 0.25) is 0 Å². The molecular weight excluding hydrogens is 563 g/mol. The third-order valence-electron chi connectivity index (χ3n) is 4.42. The van der Waals surface area contributed by atoms with Crippen molar-refractivity contribution in [3.8, 4) is 23.8 Å². The molecule has 11 heteroatoms. The predicted molar refractivity (Wildman–Crippen MR) is 130 cm³/mol. The van der Waals surface area contributed by atoms with E-state index in [1.807, 2.05) is 22.6 Å². The number of carbonyl (C=O) groups is 3. The number of nitro benzene ring substituents is 1. The molecular formula is C22H15IN2O7S. The van der Waals surface area contributed by atoms with Gasteiger partial charge in [0.25, 0.3) is 16.8 Å². The molecule has 0 unspecified atom stereocenters. The summed E-state index contributed by atoms with van der Waals surface area (Å²) in [5, 5.41) is 10.2. The third-order valence-corrected chi connectivity index (χ3v) is 6.13. The van der Waals surface area contributed by atoms with Crippen molar-refractivity contribution in [1.29, 1.82) is 0 Å². The Morgan fingerprint density at radius 2 is 2.00 bits per heavy atom. The number of Topliss-reactive ketones (excluding diaryl/α,β-unsaturated/α-hetero) is 1. The maximum atomic E-state index is 12.8. The van der Waals surface area contributed by atoms with Crippen molar-refractivity contribution >= 4 is 63.0 Å². The highest BCUT2D eigenvalue weighted by molar-refractivity contribution is 14.1. The van der Waals surface area contributed by atoms with Crippen LogP contribution in [0.25, 0.3) is 6.08 Å². The Kier molecular flexibility index (Phi) is 7.72. The van der Waals surface area contributed by atoms with Crippen LogP contribution in [0.5, 0.6) is 11.5 Å². The highest BCUT2D eigenvalue weighted by Crippen LogP contribution is 2.37. The smallest absolute Gasteiger partial charge is 0.293 e. The zero-order valence-corrected chi connectivity index (χ0v) is 20.0. The lowest BCUT2D eigenvalue weighted by atomic mass is 10.1. The van der Waals surface area contributed by atoms with E-state index < -0.39 is 28.4 Å². The highest BCUT2D eigenvalue weighted by Gasteiger charge is 2.36. The van der Waals surface area contributed by atoms with Crippen molar-refractivity contribution in [3.63, 3.8) is 0 Å². The molecule has 0 radical (unpaired) electrons. The van der Waals surface area contributed by atoms with Gasteiger partial charge in [0.1, 0.15) is 6.61 Å². The van der Waals surface area contributed by atoms with Gasteiger partial charge in [-0.25, -0.2) is 0 Å². The Bertz CT molecular complexity index is 1220. The fourth-order valence-electron chi connectivity index (χ4n) is 2.87. The summed E-state index contributed by atoms with van der Waals surface area (Å²) in [4.78, 5) is 48.8. The predicted octanol–water partition coefficient (Wildman–Crippen LogP) is 4.14. The van der Waals surface area contributed by atoms with Crippen LogP contribution in [-0.4, -0.2) is 47.0 Å². The summed E-state index contributed by atoms with van der Waals surface area (Å²) < 4.78 is 11.5. The van der Waals surface area contributed by atoms with Gasteiger partial charge in [0.05, 0.1) is 27.1 Å². The standard InChI is InChI=1S/C22H15IN2O7S/c1-3-8-32-20-16(23)9-13(10-18(20)31-2)11-19-21(27)24(22(28)33-19)12-17(26)14-4-6-15(7-5-14)25(29)30/h1,4-7,9-11H,8,12H2,2H3/b19-11+. The molecule has 2 aromatic rings. The molecule has 2 aromatic carbocycles. The van der Waals surface area contributed by atoms with Crippen molar-refractivity contribution in [2.24, 2.45) is 0 Å². The molecule has 1 aliphatic rings. The number of nitrogens with zero attached hydrogens (tertiary/aromatic N) is 2. The fourth-order valence-corrected chi connectivity index (χ4v) is 4.49. The SMILES string of the molecule is C#CCOc1c(I)cc(/C=C2/SC(=O)N(CC(=O)c3ccc([N+](=O)[O-])cc3)C2=O)cc1OC. The molecule has 1 fully saturated rings. The van der Waals surface area contributed by atoms with E-state index in [9.17, 15) is 24.5 Å². The molecule has 2 amide bonds. The van der Waals surface area contributed by atoms with Gasteiger partial charge in [0.15, 0.2) is 17.3 Å². The molecule has 1 saturated heterocycles. The Hall–Kier alpha value is -3.37. The van der Waals surface area contributed by atoms with Crippen molar-refractivity contribution in [1.82, 2.24) is 4.90 Å². The summed E-state index contributed by atoms with van der Waals surface area (Å²) in [6.07, 6.45) is 6.76. The van der Waals surface area contributed by atoms with E-state index in [1.54, 1.807) is 12.1 Å². The minimum atomic E-state index is -0.609. The first-order chi connectivity index (χ1) is 15.7. The van der Waals surface area contributed by atoms with Crippen molar-refractivity contribution in [2.75, 3.05) is 20.3 Å². The largest absolute Gasteiger partial charge is 0.493 e. The van der Waals surface area contributed by atoms with Crippen LogP contribution in [0.4, 0.5) is 10.5 Å². The molecule has 0 N–H and O–H groups in total. The number of carbonyl (C=O) groups excluding carboxylic acids is 3. The summed E-state index contributed by atoms with van der Waals surface area (Å²) in [7, 11) is 1.47. The first-order valence-corrected chi connectivity index (χ1v) is 11.1. The molecule has 9 nitrogen and oxygen atoms in total. The minimum Gasteiger partial charge on any atom is -0.493 e. The molecule has 1 aliphatic heterocycles.